The summed E-state index contributed by atoms with van der Waals surface area (Å²) in [4.78, 5) is 9.40. The van der Waals surface area contributed by atoms with Crippen LogP contribution in [0.15, 0.2) is 6.33 Å². The summed E-state index contributed by atoms with van der Waals surface area (Å²) < 4.78 is 4.32. The van der Waals surface area contributed by atoms with Gasteiger partial charge in [-0.15, -0.1) is 0 Å². The molecule has 2 N–H and O–H groups in total. The molecule has 0 aliphatic rings. The van der Waals surface area contributed by atoms with Crippen molar-refractivity contribution in [3.05, 3.63) is 11.2 Å². The maximum absolute atomic E-state index is 5.75. The van der Waals surface area contributed by atoms with Crippen LogP contribution < -0.4 is 5.73 Å². The Labute approximate surface area is 92.7 Å². The Bertz CT molecular complexity index is 489. The molecule has 0 spiro atoms. The van der Waals surface area contributed by atoms with E-state index < -0.39 is 0 Å². The lowest BCUT2D eigenvalue weighted by molar-refractivity contribution is 0.520. The van der Waals surface area contributed by atoms with Crippen LogP contribution in [-0.4, -0.2) is 14.3 Å². The van der Waals surface area contributed by atoms with E-state index in [0.29, 0.717) is 5.82 Å². The van der Waals surface area contributed by atoms with Crippen molar-refractivity contribution in [3.8, 4) is 0 Å². The molecule has 15 heavy (non-hydrogen) atoms. The molecular formula is C10H14N4S. The van der Waals surface area contributed by atoms with Crippen LogP contribution in [0.4, 0.5) is 5.82 Å². The molecule has 80 valence electrons. The van der Waals surface area contributed by atoms with Crippen molar-refractivity contribution in [2.75, 3.05) is 5.73 Å². The van der Waals surface area contributed by atoms with E-state index in [-0.39, 0.29) is 5.41 Å². The monoisotopic (exact) mass is 222 g/mol. The van der Waals surface area contributed by atoms with Crippen LogP contribution in [0.25, 0.3) is 11.0 Å². The van der Waals surface area contributed by atoms with E-state index in [0.717, 1.165) is 17.5 Å². The van der Waals surface area contributed by atoms with Gasteiger partial charge in [-0.05, 0) is 18.0 Å². The minimum absolute atomic E-state index is 0.0974. The molecule has 2 rings (SSSR count). The van der Waals surface area contributed by atoms with Gasteiger partial charge in [0.05, 0.1) is 4.88 Å². The number of fused-ring (bicyclic) bond motifs is 1. The Morgan fingerprint density at radius 2 is 2.07 bits per heavy atom. The Morgan fingerprint density at radius 1 is 1.33 bits per heavy atom. The van der Waals surface area contributed by atoms with Gasteiger partial charge >= 0.3 is 0 Å². The minimum atomic E-state index is 0.0974. The van der Waals surface area contributed by atoms with Gasteiger partial charge < -0.3 is 5.73 Å². The SMILES string of the molecule is CCC(C)(C)c1snc2c(N)ncnc12. The molecule has 0 unspecified atom stereocenters. The van der Waals surface area contributed by atoms with Crippen LogP contribution >= 0.6 is 11.5 Å². The molecule has 0 atom stereocenters. The van der Waals surface area contributed by atoms with Crippen LogP contribution in [0, 0.1) is 0 Å². The highest BCUT2D eigenvalue weighted by molar-refractivity contribution is 7.07. The summed E-state index contributed by atoms with van der Waals surface area (Å²) in [6.45, 7) is 6.55. The van der Waals surface area contributed by atoms with Crippen molar-refractivity contribution >= 4 is 28.4 Å². The number of aromatic nitrogens is 3. The predicted octanol–water partition coefficient (Wildman–Crippen LogP) is 2.36. The first kappa shape index (κ1) is 10.3. The van der Waals surface area contributed by atoms with Crippen LogP contribution in [0.2, 0.25) is 0 Å². The number of nitrogens with two attached hydrogens (primary N) is 1. The lowest BCUT2D eigenvalue weighted by Crippen LogP contribution is -2.14. The molecule has 5 heteroatoms. The quantitative estimate of drug-likeness (QED) is 0.847. The molecule has 0 aromatic carbocycles. The summed E-state index contributed by atoms with van der Waals surface area (Å²) in [5.41, 5.74) is 7.48. The number of anilines is 1. The van der Waals surface area contributed by atoms with E-state index >= 15 is 0 Å². The molecule has 0 amide bonds. The maximum atomic E-state index is 5.75. The predicted molar refractivity (Wildman–Crippen MR) is 62.9 cm³/mol. The number of rotatable bonds is 2. The van der Waals surface area contributed by atoms with Crippen molar-refractivity contribution in [2.45, 2.75) is 32.6 Å². The number of nitrogens with zero attached hydrogens (tertiary/aromatic N) is 3. The molecule has 2 aromatic heterocycles. The zero-order valence-corrected chi connectivity index (χ0v) is 9.93. The smallest absolute Gasteiger partial charge is 0.154 e. The largest absolute Gasteiger partial charge is 0.382 e. The summed E-state index contributed by atoms with van der Waals surface area (Å²) in [6.07, 6.45) is 2.55. The zero-order valence-electron chi connectivity index (χ0n) is 9.11. The first-order chi connectivity index (χ1) is 7.06. The molecule has 0 aliphatic heterocycles. The highest BCUT2D eigenvalue weighted by Crippen LogP contribution is 2.35. The lowest BCUT2D eigenvalue weighted by Gasteiger charge is -2.20. The number of hydrogen-bond acceptors (Lipinski definition) is 5. The first-order valence-corrected chi connectivity index (χ1v) is 5.70. The molecule has 0 fully saturated rings. The van der Waals surface area contributed by atoms with E-state index in [1.807, 2.05) is 0 Å². The molecule has 2 aromatic rings. The van der Waals surface area contributed by atoms with Gasteiger partial charge in [0, 0.05) is 5.41 Å². The molecule has 0 saturated heterocycles. The fourth-order valence-corrected chi connectivity index (χ4v) is 2.38. The molecule has 0 radical (unpaired) electrons. The van der Waals surface area contributed by atoms with Gasteiger partial charge in [-0.3, -0.25) is 0 Å². The molecule has 0 bridgehead atoms. The second-order valence-corrected chi connectivity index (χ2v) is 4.98. The van der Waals surface area contributed by atoms with Gasteiger partial charge in [-0.1, -0.05) is 20.8 Å². The molecule has 4 nitrogen and oxygen atoms in total. The van der Waals surface area contributed by atoms with E-state index in [2.05, 4.69) is 35.1 Å². The fraction of sp³-hybridized carbons (Fsp3) is 0.500. The second-order valence-electron chi connectivity index (χ2n) is 4.21. The summed E-state index contributed by atoms with van der Waals surface area (Å²) >= 11 is 1.48. The summed E-state index contributed by atoms with van der Waals surface area (Å²) in [5.74, 6) is 0.467. The standard InChI is InChI=1S/C10H14N4S/c1-4-10(2,3)8-6-7(14-15-8)9(11)13-5-12-6/h5H,4H2,1-3H3,(H2,11,12,13). The van der Waals surface area contributed by atoms with Crippen LogP contribution in [0.5, 0.6) is 0 Å². The van der Waals surface area contributed by atoms with Gasteiger partial charge in [0.25, 0.3) is 0 Å². The third-order valence-electron chi connectivity index (χ3n) is 2.79. The van der Waals surface area contributed by atoms with E-state index in [1.54, 1.807) is 0 Å². The highest BCUT2D eigenvalue weighted by atomic mass is 32.1. The Balaban J connectivity index is 2.69. The fourth-order valence-electron chi connectivity index (χ4n) is 1.39. The van der Waals surface area contributed by atoms with Gasteiger partial charge in [-0.25, -0.2) is 9.97 Å². The first-order valence-electron chi connectivity index (χ1n) is 4.92. The van der Waals surface area contributed by atoms with Crippen LogP contribution in [0.1, 0.15) is 32.1 Å². The Morgan fingerprint density at radius 3 is 2.73 bits per heavy atom. The third-order valence-corrected chi connectivity index (χ3v) is 3.99. The average molecular weight is 222 g/mol. The highest BCUT2D eigenvalue weighted by Gasteiger charge is 2.25. The Kier molecular flexibility index (Phi) is 2.34. The Hall–Kier alpha value is -1.23. The van der Waals surface area contributed by atoms with Crippen molar-refractivity contribution < 1.29 is 0 Å². The normalized spacial score (nSPS) is 12.2. The van der Waals surface area contributed by atoms with Crippen molar-refractivity contribution in [2.24, 2.45) is 0 Å². The van der Waals surface area contributed by atoms with Crippen molar-refractivity contribution in [1.82, 2.24) is 14.3 Å². The number of nitrogen functional groups attached to an aromatic ring is 1. The summed E-state index contributed by atoms with van der Waals surface area (Å²) in [5, 5.41) is 0. The summed E-state index contributed by atoms with van der Waals surface area (Å²) in [6, 6.07) is 0. The summed E-state index contributed by atoms with van der Waals surface area (Å²) in [7, 11) is 0. The van der Waals surface area contributed by atoms with E-state index in [9.17, 15) is 0 Å². The van der Waals surface area contributed by atoms with Gasteiger partial charge in [0.1, 0.15) is 17.4 Å². The topological polar surface area (TPSA) is 64.7 Å². The van der Waals surface area contributed by atoms with Gasteiger partial charge in [0.2, 0.25) is 0 Å². The van der Waals surface area contributed by atoms with Gasteiger partial charge in [-0.2, -0.15) is 4.37 Å². The lowest BCUT2D eigenvalue weighted by atomic mass is 9.88. The zero-order chi connectivity index (χ0) is 11.1. The molecular weight excluding hydrogens is 208 g/mol. The molecule has 2 heterocycles. The van der Waals surface area contributed by atoms with Crippen LogP contribution in [0.3, 0.4) is 0 Å². The average Bonchev–Trinajstić information content (AvgIpc) is 2.63. The number of hydrogen-bond donors (Lipinski definition) is 1. The van der Waals surface area contributed by atoms with Crippen molar-refractivity contribution in [1.29, 1.82) is 0 Å². The second kappa shape index (κ2) is 3.41. The molecule has 0 aliphatic carbocycles. The van der Waals surface area contributed by atoms with Crippen molar-refractivity contribution in [3.63, 3.8) is 0 Å². The van der Waals surface area contributed by atoms with E-state index in [1.165, 1.54) is 22.7 Å². The van der Waals surface area contributed by atoms with Crippen LogP contribution in [-0.2, 0) is 5.41 Å². The third kappa shape index (κ3) is 1.56. The minimum Gasteiger partial charge on any atom is -0.382 e. The van der Waals surface area contributed by atoms with E-state index in [4.69, 9.17) is 5.73 Å². The van der Waals surface area contributed by atoms with Gasteiger partial charge in [0.15, 0.2) is 5.82 Å². The maximum Gasteiger partial charge on any atom is 0.154 e. The molecule has 0 saturated carbocycles.